The largest absolute Gasteiger partial charge is 0.478 e. The minimum absolute atomic E-state index is 0.284. The number of hydrogen-bond acceptors (Lipinski definition) is 3. The first-order chi connectivity index (χ1) is 8.52. The molecule has 2 aromatic heterocycles. The minimum atomic E-state index is -0.929. The monoisotopic (exact) mass is 247 g/mol. The van der Waals surface area contributed by atoms with Crippen LogP contribution in [0.1, 0.15) is 36.8 Å². The highest BCUT2D eigenvalue weighted by atomic mass is 16.4. The molecular weight excluding hydrogens is 230 g/mol. The van der Waals surface area contributed by atoms with Gasteiger partial charge in [-0.15, -0.1) is 0 Å². The van der Waals surface area contributed by atoms with Crippen LogP contribution in [0, 0.1) is 5.92 Å². The summed E-state index contributed by atoms with van der Waals surface area (Å²) in [5.41, 5.74) is 1.73. The van der Waals surface area contributed by atoms with Crippen LogP contribution in [0.4, 0.5) is 0 Å². The van der Waals surface area contributed by atoms with Crippen molar-refractivity contribution in [3.05, 3.63) is 23.5 Å². The predicted octanol–water partition coefficient (Wildman–Crippen LogP) is 2.35. The highest BCUT2D eigenvalue weighted by molar-refractivity contribution is 6.01. The number of hydrogen-bond donors (Lipinski definition) is 1. The number of carboxylic acids is 1. The van der Waals surface area contributed by atoms with Crippen molar-refractivity contribution in [3.8, 4) is 0 Å². The van der Waals surface area contributed by atoms with Gasteiger partial charge < -0.3 is 5.11 Å². The van der Waals surface area contributed by atoms with E-state index in [1.54, 1.807) is 16.9 Å². The Labute approximate surface area is 105 Å². The zero-order valence-corrected chi connectivity index (χ0v) is 10.8. The lowest BCUT2D eigenvalue weighted by atomic mass is 10.1. The van der Waals surface area contributed by atoms with Gasteiger partial charge in [-0.25, -0.2) is 14.5 Å². The van der Waals surface area contributed by atoms with Crippen molar-refractivity contribution in [2.75, 3.05) is 0 Å². The molecule has 2 rings (SSSR count). The average Bonchev–Trinajstić information content (AvgIpc) is 2.70. The normalized spacial score (nSPS) is 11.3. The Hall–Kier alpha value is -1.91. The topological polar surface area (TPSA) is 68.0 Å². The molecule has 18 heavy (non-hydrogen) atoms. The molecule has 0 aliphatic rings. The highest BCUT2D eigenvalue weighted by Crippen LogP contribution is 2.19. The van der Waals surface area contributed by atoms with Crippen LogP contribution in [0.5, 0.6) is 0 Å². The standard InChI is InChI=1S/C13H17N3O2/c1-4-9-5-10(13(17)18)11-6-14-16(7-8(2)3)12(11)15-9/h5-6,8H,4,7H2,1-3H3,(H,17,18). The number of rotatable bonds is 4. The fourth-order valence-corrected chi connectivity index (χ4v) is 1.94. The second kappa shape index (κ2) is 4.76. The Balaban J connectivity index is 2.65. The maximum atomic E-state index is 11.2. The number of pyridine rings is 1. The third kappa shape index (κ3) is 2.20. The number of aromatic carboxylic acids is 1. The number of aryl methyl sites for hydroxylation is 1. The summed E-state index contributed by atoms with van der Waals surface area (Å²) in [6.45, 7) is 6.89. The molecule has 0 spiro atoms. The minimum Gasteiger partial charge on any atom is -0.478 e. The van der Waals surface area contributed by atoms with Crippen molar-refractivity contribution in [1.82, 2.24) is 14.8 Å². The van der Waals surface area contributed by atoms with Crippen LogP contribution in [0.25, 0.3) is 11.0 Å². The van der Waals surface area contributed by atoms with Crippen LogP contribution in [-0.4, -0.2) is 25.8 Å². The van der Waals surface area contributed by atoms with Crippen LogP contribution in [0.2, 0.25) is 0 Å². The summed E-state index contributed by atoms with van der Waals surface area (Å²) >= 11 is 0. The Morgan fingerprint density at radius 3 is 2.78 bits per heavy atom. The zero-order chi connectivity index (χ0) is 13.3. The van der Waals surface area contributed by atoms with Crippen LogP contribution in [0.15, 0.2) is 12.3 Å². The molecule has 96 valence electrons. The van der Waals surface area contributed by atoms with E-state index >= 15 is 0 Å². The summed E-state index contributed by atoms with van der Waals surface area (Å²) in [5, 5.41) is 14.1. The molecule has 0 aliphatic heterocycles. The predicted molar refractivity (Wildman–Crippen MR) is 68.7 cm³/mol. The first-order valence-electron chi connectivity index (χ1n) is 6.11. The SMILES string of the molecule is CCc1cc(C(=O)O)c2cnn(CC(C)C)c2n1. The molecule has 2 heterocycles. The fraction of sp³-hybridized carbons (Fsp3) is 0.462. The maximum Gasteiger partial charge on any atom is 0.336 e. The molecule has 1 N–H and O–H groups in total. The Morgan fingerprint density at radius 2 is 2.22 bits per heavy atom. The van der Waals surface area contributed by atoms with E-state index in [4.69, 9.17) is 0 Å². The lowest BCUT2D eigenvalue weighted by molar-refractivity contribution is 0.0699. The number of carboxylic acid groups (broad SMARTS) is 1. The molecular formula is C13H17N3O2. The van der Waals surface area contributed by atoms with Crippen molar-refractivity contribution < 1.29 is 9.90 Å². The molecule has 0 saturated carbocycles. The number of fused-ring (bicyclic) bond motifs is 1. The number of nitrogens with zero attached hydrogens (tertiary/aromatic N) is 3. The molecule has 0 radical (unpaired) electrons. The molecule has 0 aromatic carbocycles. The molecule has 0 fully saturated rings. The van der Waals surface area contributed by atoms with Crippen LogP contribution >= 0.6 is 0 Å². The summed E-state index contributed by atoms with van der Waals surface area (Å²) in [6, 6.07) is 1.63. The molecule has 5 nitrogen and oxygen atoms in total. The van der Waals surface area contributed by atoms with Crippen molar-refractivity contribution in [2.45, 2.75) is 33.7 Å². The van der Waals surface area contributed by atoms with Crippen molar-refractivity contribution in [1.29, 1.82) is 0 Å². The Morgan fingerprint density at radius 1 is 1.50 bits per heavy atom. The lowest BCUT2D eigenvalue weighted by Crippen LogP contribution is -2.08. The molecule has 5 heteroatoms. The smallest absolute Gasteiger partial charge is 0.336 e. The van der Waals surface area contributed by atoms with E-state index < -0.39 is 5.97 Å². The van der Waals surface area contributed by atoms with Gasteiger partial charge in [0.05, 0.1) is 17.1 Å². The first-order valence-corrected chi connectivity index (χ1v) is 6.11. The van der Waals surface area contributed by atoms with E-state index in [1.807, 2.05) is 6.92 Å². The summed E-state index contributed by atoms with van der Waals surface area (Å²) in [7, 11) is 0. The van der Waals surface area contributed by atoms with Crippen LogP contribution in [0.3, 0.4) is 0 Å². The number of carbonyl (C=O) groups is 1. The van der Waals surface area contributed by atoms with E-state index in [0.29, 0.717) is 23.4 Å². The van der Waals surface area contributed by atoms with Gasteiger partial charge in [0.1, 0.15) is 0 Å². The van der Waals surface area contributed by atoms with E-state index in [9.17, 15) is 9.90 Å². The van der Waals surface area contributed by atoms with Gasteiger partial charge in [0.15, 0.2) is 5.65 Å². The van der Waals surface area contributed by atoms with E-state index in [-0.39, 0.29) is 5.56 Å². The van der Waals surface area contributed by atoms with Gasteiger partial charge in [-0.05, 0) is 18.4 Å². The van der Waals surface area contributed by atoms with Crippen molar-refractivity contribution >= 4 is 17.0 Å². The average molecular weight is 247 g/mol. The van der Waals surface area contributed by atoms with Crippen molar-refractivity contribution in [3.63, 3.8) is 0 Å². The van der Waals surface area contributed by atoms with Gasteiger partial charge in [-0.2, -0.15) is 5.10 Å². The molecule has 0 saturated heterocycles. The quantitative estimate of drug-likeness (QED) is 0.900. The second-order valence-corrected chi connectivity index (χ2v) is 4.78. The van der Waals surface area contributed by atoms with Gasteiger partial charge >= 0.3 is 5.97 Å². The molecule has 0 amide bonds. The number of aromatic nitrogens is 3. The van der Waals surface area contributed by atoms with Gasteiger partial charge in [-0.1, -0.05) is 20.8 Å². The van der Waals surface area contributed by atoms with E-state index in [1.165, 1.54) is 0 Å². The first kappa shape index (κ1) is 12.5. The van der Waals surface area contributed by atoms with Gasteiger partial charge in [0.2, 0.25) is 0 Å². The zero-order valence-electron chi connectivity index (χ0n) is 10.8. The van der Waals surface area contributed by atoms with E-state index in [2.05, 4.69) is 23.9 Å². The summed E-state index contributed by atoms with van der Waals surface area (Å²) in [5.74, 6) is -0.491. The summed E-state index contributed by atoms with van der Waals surface area (Å²) < 4.78 is 1.78. The lowest BCUT2D eigenvalue weighted by Gasteiger charge is -2.07. The molecule has 0 aliphatic carbocycles. The third-order valence-electron chi connectivity index (χ3n) is 2.79. The van der Waals surface area contributed by atoms with E-state index in [0.717, 1.165) is 12.2 Å². The Bertz CT molecular complexity index is 587. The third-order valence-corrected chi connectivity index (χ3v) is 2.79. The van der Waals surface area contributed by atoms with Crippen molar-refractivity contribution in [2.24, 2.45) is 5.92 Å². The summed E-state index contributed by atoms with van der Waals surface area (Å²) in [6.07, 6.45) is 2.30. The molecule has 2 aromatic rings. The van der Waals surface area contributed by atoms with Gasteiger partial charge in [-0.3, -0.25) is 0 Å². The van der Waals surface area contributed by atoms with Gasteiger partial charge in [0, 0.05) is 12.2 Å². The van der Waals surface area contributed by atoms with Crippen LogP contribution < -0.4 is 0 Å². The molecule has 0 unspecified atom stereocenters. The highest BCUT2D eigenvalue weighted by Gasteiger charge is 2.15. The fourth-order valence-electron chi connectivity index (χ4n) is 1.94. The second-order valence-electron chi connectivity index (χ2n) is 4.78. The Kier molecular flexibility index (Phi) is 3.32. The molecule has 0 atom stereocenters. The van der Waals surface area contributed by atoms with Gasteiger partial charge in [0.25, 0.3) is 0 Å². The maximum absolute atomic E-state index is 11.2. The molecule has 0 bridgehead atoms. The van der Waals surface area contributed by atoms with Crippen LogP contribution in [-0.2, 0) is 13.0 Å². The summed E-state index contributed by atoms with van der Waals surface area (Å²) in [4.78, 5) is 15.7.